The largest absolute Gasteiger partial charge is 0.476 e. The molecule has 0 fully saturated rings. The summed E-state index contributed by atoms with van der Waals surface area (Å²) in [7, 11) is 0. The zero-order valence-corrected chi connectivity index (χ0v) is 5.39. The van der Waals surface area contributed by atoms with Crippen molar-refractivity contribution in [2.45, 2.75) is 0 Å². The van der Waals surface area contributed by atoms with Crippen LogP contribution in [0.2, 0.25) is 0 Å². The van der Waals surface area contributed by atoms with Gasteiger partial charge in [0.15, 0.2) is 5.69 Å². The first-order chi connectivity index (χ1) is 5.29. The fourth-order valence-corrected chi connectivity index (χ4v) is 0.879. The molecule has 56 valence electrons. The normalized spacial score (nSPS) is 10.5. The van der Waals surface area contributed by atoms with Gasteiger partial charge >= 0.3 is 11.8 Å². The van der Waals surface area contributed by atoms with Crippen LogP contribution in [-0.4, -0.2) is 20.5 Å². The second-order valence-electron chi connectivity index (χ2n) is 2.01. The molecule has 0 unspecified atom stereocenters. The number of hydrogen-bond acceptors (Lipinski definition) is 3. The average molecular weight is 152 g/mol. The van der Waals surface area contributed by atoms with Crippen molar-refractivity contribution in [3.05, 3.63) is 24.4 Å². The van der Waals surface area contributed by atoms with Crippen molar-refractivity contribution in [3.63, 3.8) is 0 Å². The number of nitrogens with zero attached hydrogens (tertiary/aromatic N) is 2. The number of fused-ring (bicyclic) bond motifs is 1. The molecule has 5 heteroatoms. The lowest BCUT2D eigenvalue weighted by molar-refractivity contribution is 0.0688. The Balaban J connectivity index is 2.78. The summed E-state index contributed by atoms with van der Waals surface area (Å²) >= 11 is 0. The minimum atomic E-state index is -1.03. The summed E-state index contributed by atoms with van der Waals surface area (Å²) in [6.07, 6.45) is 4.16. The highest BCUT2D eigenvalue weighted by atomic mass is 16.4. The van der Waals surface area contributed by atoms with E-state index in [4.69, 9.17) is 9.52 Å². The summed E-state index contributed by atoms with van der Waals surface area (Å²) in [6, 6.07) is 0. The van der Waals surface area contributed by atoms with Gasteiger partial charge in [-0.05, 0) is 0 Å². The molecule has 1 N–H and O–H groups in total. The van der Waals surface area contributed by atoms with Crippen molar-refractivity contribution >= 4 is 11.8 Å². The molecule has 2 aromatic heterocycles. The Morgan fingerprint density at radius 2 is 2.55 bits per heavy atom. The molecule has 0 saturated heterocycles. The van der Waals surface area contributed by atoms with Gasteiger partial charge in [0, 0.05) is 12.4 Å². The van der Waals surface area contributed by atoms with Crippen molar-refractivity contribution in [1.29, 1.82) is 0 Å². The molecule has 2 rings (SSSR count). The molecule has 0 spiro atoms. The predicted octanol–water partition coefficient (Wildman–Crippen LogP) is 0.625. The maximum absolute atomic E-state index is 10.5. The molecule has 0 aromatic carbocycles. The van der Waals surface area contributed by atoms with Gasteiger partial charge in [-0.15, -0.1) is 0 Å². The van der Waals surface area contributed by atoms with Crippen LogP contribution in [-0.2, 0) is 0 Å². The lowest BCUT2D eigenvalue weighted by Gasteiger charge is -1.84. The molecule has 0 aliphatic carbocycles. The number of aromatic carboxylic acids is 1. The average Bonchev–Trinajstić information content (AvgIpc) is 2.41. The molecule has 0 atom stereocenters. The quantitative estimate of drug-likeness (QED) is 0.650. The zero-order valence-electron chi connectivity index (χ0n) is 5.39. The van der Waals surface area contributed by atoms with Gasteiger partial charge in [0.25, 0.3) is 0 Å². The molecule has 0 radical (unpaired) electrons. The highest BCUT2D eigenvalue weighted by molar-refractivity contribution is 5.85. The Morgan fingerprint density at radius 3 is 3.27 bits per heavy atom. The number of carbonyl (C=O) groups is 1. The van der Waals surface area contributed by atoms with Gasteiger partial charge in [0.2, 0.25) is 0 Å². The van der Waals surface area contributed by atoms with Crippen molar-refractivity contribution in [2.24, 2.45) is 0 Å². The highest BCUT2D eigenvalue weighted by Crippen LogP contribution is 2.06. The molecule has 11 heavy (non-hydrogen) atoms. The van der Waals surface area contributed by atoms with Gasteiger partial charge in [-0.25, -0.2) is 9.78 Å². The summed E-state index contributed by atoms with van der Waals surface area (Å²) < 4.78 is 6.18. The van der Waals surface area contributed by atoms with Crippen LogP contribution < -0.4 is 0 Å². The molecule has 0 aliphatic rings. The van der Waals surface area contributed by atoms with E-state index in [0.717, 1.165) is 6.26 Å². The molecular formula is C6H4N2O3. The fourth-order valence-electron chi connectivity index (χ4n) is 0.879. The van der Waals surface area contributed by atoms with E-state index in [2.05, 4.69) is 4.98 Å². The van der Waals surface area contributed by atoms with E-state index < -0.39 is 5.97 Å². The summed E-state index contributed by atoms with van der Waals surface area (Å²) in [5, 5.41) is 8.58. The minimum Gasteiger partial charge on any atom is -0.476 e. The van der Waals surface area contributed by atoms with Crippen LogP contribution in [0.5, 0.6) is 0 Å². The number of oxazole rings is 1. The summed E-state index contributed by atoms with van der Waals surface area (Å²) in [5.74, 6) is -0.732. The van der Waals surface area contributed by atoms with Crippen LogP contribution in [0.15, 0.2) is 23.1 Å². The number of rotatable bonds is 1. The summed E-state index contributed by atoms with van der Waals surface area (Å²) in [5.41, 5.74) is 0.0810. The third kappa shape index (κ3) is 0.706. The van der Waals surface area contributed by atoms with Crippen LogP contribution in [0, 0.1) is 0 Å². The monoisotopic (exact) mass is 152 g/mol. The van der Waals surface area contributed by atoms with Crippen LogP contribution >= 0.6 is 0 Å². The van der Waals surface area contributed by atoms with E-state index in [1.807, 2.05) is 0 Å². The molecule has 0 bridgehead atoms. The van der Waals surface area contributed by atoms with Crippen molar-refractivity contribution in [3.8, 4) is 0 Å². The van der Waals surface area contributed by atoms with Gasteiger partial charge in [-0.2, -0.15) is 0 Å². The number of carboxylic acids is 1. The summed E-state index contributed by atoms with van der Waals surface area (Å²) in [6.45, 7) is 0. The second kappa shape index (κ2) is 1.85. The molecule has 0 saturated carbocycles. The van der Waals surface area contributed by atoms with Crippen molar-refractivity contribution < 1.29 is 14.3 Å². The van der Waals surface area contributed by atoms with Crippen LogP contribution in [0.3, 0.4) is 0 Å². The minimum absolute atomic E-state index is 0.0810. The topological polar surface area (TPSA) is 67.7 Å². The molecule has 0 aliphatic heterocycles. The Hall–Kier alpha value is -1.78. The number of hydrogen-bond donors (Lipinski definition) is 1. The Morgan fingerprint density at radius 1 is 1.73 bits per heavy atom. The molecule has 0 amide bonds. The first-order valence-electron chi connectivity index (χ1n) is 2.93. The van der Waals surface area contributed by atoms with Gasteiger partial charge in [0.05, 0.1) is 0 Å². The Labute approximate surface area is 60.9 Å². The molecule has 2 heterocycles. The van der Waals surface area contributed by atoms with Crippen LogP contribution in [0.1, 0.15) is 10.5 Å². The second-order valence-corrected chi connectivity index (χ2v) is 2.01. The zero-order chi connectivity index (χ0) is 7.84. The predicted molar refractivity (Wildman–Crippen MR) is 34.4 cm³/mol. The van der Waals surface area contributed by atoms with Gasteiger partial charge in [-0.1, -0.05) is 0 Å². The van der Waals surface area contributed by atoms with E-state index in [1.54, 1.807) is 0 Å². The highest BCUT2D eigenvalue weighted by Gasteiger charge is 2.11. The van der Waals surface area contributed by atoms with Crippen molar-refractivity contribution in [1.82, 2.24) is 9.38 Å². The smallest absolute Gasteiger partial charge is 0.356 e. The van der Waals surface area contributed by atoms with Gasteiger partial charge < -0.3 is 9.52 Å². The van der Waals surface area contributed by atoms with Crippen LogP contribution in [0.25, 0.3) is 5.84 Å². The molecule has 5 nitrogen and oxygen atoms in total. The Kier molecular flexibility index (Phi) is 1.00. The summed E-state index contributed by atoms with van der Waals surface area (Å²) in [4.78, 5) is 14.2. The van der Waals surface area contributed by atoms with E-state index in [9.17, 15) is 4.79 Å². The first kappa shape index (κ1) is 5.96. The maximum Gasteiger partial charge on any atom is 0.356 e. The lowest BCUT2D eigenvalue weighted by atomic mass is 10.5. The van der Waals surface area contributed by atoms with E-state index in [0.29, 0.717) is 5.84 Å². The van der Waals surface area contributed by atoms with Gasteiger partial charge in [0.1, 0.15) is 6.26 Å². The number of carboxylic acid groups (broad SMARTS) is 1. The third-order valence-electron chi connectivity index (χ3n) is 1.36. The molecular weight excluding hydrogens is 148 g/mol. The van der Waals surface area contributed by atoms with Crippen molar-refractivity contribution in [2.75, 3.05) is 0 Å². The Bertz CT molecular complexity index is 401. The number of imidazole rings is 1. The lowest BCUT2D eigenvalue weighted by Crippen LogP contribution is -1.99. The standard InChI is InChI=1S/C6H4N2O3/c9-5(10)4-3-11-6-7-1-2-8(4)6/h1-3H,(H,9,10). The molecule has 2 aromatic rings. The van der Waals surface area contributed by atoms with E-state index >= 15 is 0 Å². The van der Waals surface area contributed by atoms with Gasteiger partial charge in [-0.3, -0.25) is 4.40 Å². The first-order valence-corrected chi connectivity index (χ1v) is 2.93. The SMILES string of the molecule is O=C(O)c1coc2nccn12. The number of aromatic nitrogens is 2. The fraction of sp³-hybridized carbons (Fsp3) is 0. The maximum atomic E-state index is 10.5. The van der Waals surface area contributed by atoms with E-state index in [-0.39, 0.29) is 5.69 Å². The third-order valence-corrected chi connectivity index (χ3v) is 1.36. The van der Waals surface area contributed by atoms with E-state index in [1.165, 1.54) is 16.8 Å². The van der Waals surface area contributed by atoms with Crippen LogP contribution in [0.4, 0.5) is 0 Å².